The molecular weight excluding hydrogens is 270 g/mol. The number of fused-ring (bicyclic) bond motifs is 2. The van der Waals surface area contributed by atoms with E-state index in [2.05, 4.69) is 26.7 Å². The van der Waals surface area contributed by atoms with Crippen LogP contribution in [-0.2, 0) is 7.05 Å². The fourth-order valence-electron chi connectivity index (χ4n) is 2.18. The molecule has 0 saturated heterocycles. The average molecular weight is 281 g/mol. The highest BCUT2D eigenvalue weighted by Crippen LogP contribution is 2.21. The van der Waals surface area contributed by atoms with Gasteiger partial charge in [0.2, 0.25) is 0 Å². The van der Waals surface area contributed by atoms with Crippen molar-refractivity contribution in [1.29, 1.82) is 0 Å². The van der Waals surface area contributed by atoms with Gasteiger partial charge in [0.1, 0.15) is 5.52 Å². The quantitative estimate of drug-likeness (QED) is 0.535. The molecule has 0 aliphatic heterocycles. The smallest absolute Gasteiger partial charge is 0.325 e. The van der Waals surface area contributed by atoms with Gasteiger partial charge in [-0.2, -0.15) is 9.98 Å². The molecule has 0 aliphatic carbocycles. The van der Waals surface area contributed by atoms with Crippen LogP contribution in [-0.4, -0.2) is 9.55 Å². The van der Waals surface area contributed by atoms with Crippen molar-refractivity contribution in [2.75, 3.05) is 0 Å². The Balaban J connectivity index is 1.95. The summed E-state index contributed by atoms with van der Waals surface area (Å²) in [4.78, 5) is 9.77. The van der Waals surface area contributed by atoms with Crippen LogP contribution in [0.1, 0.15) is 0 Å². The number of thiazole rings is 1. The Labute approximate surface area is 118 Å². The van der Waals surface area contributed by atoms with Crippen LogP contribution in [0.4, 0.5) is 6.01 Å². The van der Waals surface area contributed by atoms with Crippen LogP contribution in [0.5, 0.6) is 0 Å². The minimum absolute atomic E-state index is 0.397. The molecule has 0 radical (unpaired) electrons. The maximum absolute atomic E-state index is 5.64. The average Bonchev–Trinajstić information content (AvgIpc) is 3.01. The van der Waals surface area contributed by atoms with Crippen LogP contribution in [0, 0.1) is 0 Å². The molecule has 2 heterocycles. The van der Waals surface area contributed by atoms with Crippen molar-refractivity contribution in [2.24, 2.45) is 12.0 Å². The third kappa shape index (κ3) is 1.75. The van der Waals surface area contributed by atoms with Crippen LogP contribution < -0.4 is 4.80 Å². The number of hydrogen-bond donors (Lipinski definition) is 0. The number of aromatic nitrogens is 2. The Hall–Kier alpha value is -2.40. The molecule has 0 aliphatic rings. The molecule has 0 bridgehead atoms. The fourth-order valence-corrected chi connectivity index (χ4v) is 3.19. The van der Waals surface area contributed by atoms with Crippen LogP contribution in [0.2, 0.25) is 0 Å². The minimum Gasteiger partial charge on any atom is -0.422 e. The van der Waals surface area contributed by atoms with Crippen molar-refractivity contribution < 1.29 is 4.42 Å². The van der Waals surface area contributed by atoms with Gasteiger partial charge in [-0.1, -0.05) is 35.6 Å². The van der Waals surface area contributed by atoms with E-state index in [1.165, 1.54) is 4.70 Å². The fraction of sp³-hybridized carbons (Fsp3) is 0.0667. The molecule has 0 amide bonds. The zero-order valence-electron chi connectivity index (χ0n) is 10.8. The number of oxazole rings is 1. The zero-order valence-corrected chi connectivity index (χ0v) is 11.6. The van der Waals surface area contributed by atoms with Crippen molar-refractivity contribution in [3.8, 4) is 0 Å². The second kappa shape index (κ2) is 4.31. The van der Waals surface area contributed by atoms with Gasteiger partial charge < -0.3 is 8.98 Å². The van der Waals surface area contributed by atoms with Crippen LogP contribution >= 0.6 is 11.3 Å². The normalized spacial score (nSPS) is 12.6. The molecule has 20 heavy (non-hydrogen) atoms. The number of aryl methyl sites for hydroxylation is 1. The van der Waals surface area contributed by atoms with Crippen LogP contribution in [0.3, 0.4) is 0 Å². The van der Waals surface area contributed by atoms with E-state index < -0.39 is 0 Å². The van der Waals surface area contributed by atoms with Crippen molar-refractivity contribution in [1.82, 2.24) is 9.55 Å². The van der Waals surface area contributed by atoms with Gasteiger partial charge in [-0.25, -0.2) is 0 Å². The number of rotatable bonds is 1. The summed E-state index contributed by atoms with van der Waals surface area (Å²) in [5, 5.41) is 0. The Bertz CT molecular complexity index is 944. The van der Waals surface area contributed by atoms with E-state index in [-0.39, 0.29) is 0 Å². The SMILES string of the molecule is Cn1c(=Nc2nc3ccccc3o2)sc2ccccc21. The number of hydrogen-bond acceptors (Lipinski definition) is 4. The van der Waals surface area contributed by atoms with E-state index in [0.717, 1.165) is 21.4 Å². The third-order valence-electron chi connectivity index (χ3n) is 3.19. The summed E-state index contributed by atoms with van der Waals surface area (Å²) >= 11 is 1.62. The second-order valence-electron chi connectivity index (χ2n) is 4.49. The Morgan fingerprint density at radius 2 is 1.90 bits per heavy atom. The topological polar surface area (TPSA) is 43.3 Å². The predicted molar refractivity (Wildman–Crippen MR) is 80.0 cm³/mol. The first kappa shape index (κ1) is 11.4. The van der Waals surface area contributed by atoms with Crippen molar-refractivity contribution >= 4 is 38.7 Å². The highest BCUT2D eigenvalue weighted by molar-refractivity contribution is 7.16. The minimum atomic E-state index is 0.397. The Kier molecular flexibility index (Phi) is 2.47. The zero-order chi connectivity index (χ0) is 13.5. The molecule has 4 nitrogen and oxygen atoms in total. The van der Waals surface area contributed by atoms with Gasteiger partial charge in [0.15, 0.2) is 10.4 Å². The van der Waals surface area contributed by atoms with Crippen LogP contribution in [0.25, 0.3) is 21.3 Å². The summed E-state index contributed by atoms with van der Waals surface area (Å²) in [7, 11) is 2.00. The van der Waals surface area contributed by atoms with Gasteiger partial charge in [0, 0.05) is 7.05 Å². The van der Waals surface area contributed by atoms with Gasteiger partial charge >= 0.3 is 6.01 Å². The van der Waals surface area contributed by atoms with E-state index >= 15 is 0 Å². The van der Waals surface area contributed by atoms with E-state index in [1.54, 1.807) is 11.3 Å². The van der Waals surface area contributed by atoms with E-state index in [1.807, 2.05) is 43.4 Å². The summed E-state index contributed by atoms with van der Waals surface area (Å²) < 4.78 is 8.89. The molecule has 5 heteroatoms. The molecule has 2 aromatic carbocycles. The van der Waals surface area contributed by atoms with Crippen molar-refractivity contribution in [2.45, 2.75) is 0 Å². The highest BCUT2D eigenvalue weighted by Gasteiger charge is 2.05. The Morgan fingerprint density at radius 3 is 2.75 bits per heavy atom. The molecule has 2 aromatic heterocycles. The van der Waals surface area contributed by atoms with Gasteiger partial charge in [0.25, 0.3) is 0 Å². The molecule has 0 spiro atoms. The molecule has 0 saturated carbocycles. The monoisotopic (exact) mass is 281 g/mol. The van der Waals surface area contributed by atoms with Crippen LogP contribution in [0.15, 0.2) is 57.9 Å². The highest BCUT2D eigenvalue weighted by atomic mass is 32.1. The number of benzene rings is 2. The molecule has 4 rings (SSSR count). The van der Waals surface area contributed by atoms with E-state index in [9.17, 15) is 0 Å². The first-order valence-electron chi connectivity index (χ1n) is 6.26. The Morgan fingerprint density at radius 1 is 1.10 bits per heavy atom. The van der Waals surface area contributed by atoms with Gasteiger partial charge in [-0.3, -0.25) is 0 Å². The molecule has 0 N–H and O–H groups in total. The standard InChI is InChI=1S/C15H11N3OS/c1-18-11-7-3-5-9-13(11)20-15(18)17-14-16-10-6-2-4-8-12(10)19-14/h2-9H,1H3. The van der Waals surface area contributed by atoms with Gasteiger partial charge in [0.05, 0.1) is 10.2 Å². The first-order chi connectivity index (χ1) is 9.81. The lowest BCUT2D eigenvalue weighted by Gasteiger charge is -1.92. The molecule has 0 fully saturated rings. The molecular formula is C15H11N3OS. The summed E-state index contributed by atoms with van der Waals surface area (Å²) in [6, 6.07) is 16.3. The molecule has 4 aromatic rings. The third-order valence-corrected chi connectivity index (χ3v) is 4.30. The predicted octanol–water partition coefficient (Wildman–Crippen LogP) is 3.61. The summed E-state index contributed by atoms with van der Waals surface area (Å²) in [5.74, 6) is 0. The van der Waals surface area contributed by atoms with Gasteiger partial charge in [-0.05, 0) is 24.3 Å². The maximum Gasteiger partial charge on any atom is 0.325 e. The molecule has 98 valence electrons. The maximum atomic E-state index is 5.64. The van der Waals surface area contributed by atoms with Crippen molar-refractivity contribution in [3.63, 3.8) is 0 Å². The molecule has 0 atom stereocenters. The second-order valence-corrected chi connectivity index (χ2v) is 5.50. The molecule has 0 unspecified atom stereocenters. The lowest BCUT2D eigenvalue weighted by atomic mass is 10.3. The van der Waals surface area contributed by atoms with Crippen molar-refractivity contribution in [3.05, 3.63) is 53.3 Å². The summed E-state index contributed by atoms with van der Waals surface area (Å²) in [6.45, 7) is 0. The summed E-state index contributed by atoms with van der Waals surface area (Å²) in [6.07, 6.45) is 0. The summed E-state index contributed by atoms with van der Waals surface area (Å²) in [5.41, 5.74) is 2.75. The number of para-hydroxylation sites is 3. The lowest BCUT2D eigenvalue weighted by molar-refractivity contribution is 0.608. The van der Waals surface area contributed by atoms with E-state index in [4.69, 9.17) is 4.42 Å². The van der Waals surface area contributed by atoms with E-state index in [0.29, 0.717) is 6.01 Å². The van der Waals surface area contributed by atoms with Gasteiger partial charge in [-0.15, -0.1) is 0 Å². The number of nitrogens with zero attached hydrogens (tertiary/aromatic N) is 3. The lowest BCUT2D eigenvalue weighted by Crippen LogP contribution is -2.08. The first-order valence-corrected chi connectivity index (χ1v) is 7.08. The largest absolute Gasteiger partial charge is 0.422 e.